The molecule has 3 rings (SSSR count). The van der Waals surface area contributed by atoms with Crippen molar-refractivity contribution in [3.05, 3.63) is 40.2 Å². The molecule has 5 nitrogen and oxygen atoms in total. The van der Waals surface area contributed by atoms with Crippen LogP contribution in [0, 0.1) is 6.92 Å². The lowest BCUT2D eigenvalue weighted by Crippen LogP contribution is -2.39. The largest absolute Gasteiger partial charge is 0.444 e. The zero-order valence-corrected chi connectivity index (χ0v) is 15.2. The summed E-state index contributed by atoms with van der Waals surface area (Å²) in [4.78, 5) is 21.9. The molecule has 1 aromatic carbocycles. The van der Waals surface area contributed by atoms with E-state index in [0.717, 1.165) is 28.3 Å². The first-order valence-electron chi connectivity index (χ1n) is 8.05. The lowest BCUT2D eigenvalue weighted by molar-refractivity contribution is 0.0221. The van der Waals surface area contributed by atoms with E-state index in [0.29, 0.717) is 24.5 Å². The number of aromatic amines is 1. The highest BCUT2D eigenvalue weighted by atomic mass is 35.5. The third-order valence-corrected chi connectivity index (χ3v) is 4.18. The van der Waals surface area contributed by atoms with Gasteiger partial charge in [-0.2, -0.15) is 0 Å². The first-order valence-corrected chi connectivity index (χ1v) is 8.43. The number of rotatable bonds is 1. The Kier molecular flexibility index (Phi) is 4.30. The molecule has 0 spiro atoms. The molecule has 0 fully saturated rings. The molecule has 2 heterocycles. The molecule has 1 amide bonds. The summed E-state index contributed by atoms with van der Waals surface area (Å²) in [5.74, 6) is 0.746. The number of H-pyrrole nitrogens is 1. The van der Waals surface area contributed by atoms with Crippen LogP contribution in [0.1, 0.15) is 37.7 Å². The Morgan fingerprint density at radius 1 is 1.38 bits per heavy atom. The Hall–Kier alpha value is -2.01. The maximum atomic E-state index is 12.2. The van der Waals surface area contributed by atoms with Crippen LogP contribution >= 0.6 is 11.6 Å². The van der Waals surface area contributed by atoms with Crippen molar-refractivity contribution in [3.8, 4) is 11.4 Å². The number of benzene rings is 1. The number of amides is 1. The van der Waals surface area contributed by atoms with E-state index in [2.05, 4.69) is 9.97 Å². The second-order valence-electron chi connectivity index (χ2n) is 7.15. The van der Waals surface area contributed by atoms with Gasteiger partial charge in [0.25, 0.3) is 0 Å². The molecule has 128 valence electrons. The molecule has 0 saturated heterocycles. The van der Waals surface area contributed by atoms with Gasteiger partial charge in [-0.15, -0.1) is 0 Å². The van der Waals surface area contributed by atoms with Gasteiger partial charge in [-0.05, 0) is 45.4 Å². The quantitative estimate of drug-likeness (QED) is 0.835. The molecular formula is C18H22ClN3O2. The second kappa shape index (κ2) is 6.13. The van der Waals surface area contributed by atoms with Crippen LogP contribution in [0.3, 0.4) is 0 Å². The maximum absolute atomic E-state index is 12.2. The minimum absolute atomic E-state index is 0.294. The van der Waals surface area contributed by atoms with E-state index in [1.807, 2.05) is 45.9 Å². The van der Waals surface area contributed by atoms with Gasteiger partial charge in [-0.3, -0.25) is 0 Å². The zero-order valence-electron chi connectivity index (χ0n) is 14.4. The van der Waals surface area contributed by atoms with Crippen molar-refractivity contribution in [1.82, 2.24) is 14.9 Å². The number of halogens is 1. The van der Waals surface area contributed by atoms with Crippen LogP contribution in [0.15, 0.2) is 18.2 Å². The molecule has 0 bridgehead atoms. The normalized spacial score (nSPS) is 14.5. The smallest absolute Gasteiger partial charge is 0.410 e. The standard InChI is InChI=1S/C18H22ClN3O2/c1-11-5-6-12(13(19)9-11)16-20-14-7-8-22(10-15(14)21-16)17(23)24-18(2,3)4/h5-6,9H,7-8,10H2,1-4H3,(H,20,21). The molecule has 1 aromatic heterocycles. The van der Waals surface area contributed by atoms with Crippen molar-refractivity contribution in [2.75, 3.05) is 6.54 Å². The number of imidazole rings is 1. The van der Waals surface area contributed by atoms with Gasteiger partial charge in [0.1, 0.15) is 11.4 Å². The summed E-state index contributed by atoms with van der Waals surface area (Å²) in [6, 6.07) is 5.90. The van der Waals surface area contributed by atoms with Crippen LogP contribution in [0.5, 0.6) is 0 Å². The fraction of sp³-hybridized carbons (Fsp3) is 0.444. The van der Waals surface area contributed by atoms with E-state index in [4.69, 9.17) is 16.3 Å². The number of carbonyl (C=O) groups is 1. The fourth-order valence-corrected chi connectivity index (χ4v) is 3.04. The van der Waals surface area contributed by atoms with E-state index in [1.165, 1.54) is 0 Å². The molecular weight excluding hydrogens is 326 g/mol. The zero-order chi connectivity index (χ0) is 17.5. The summed E-state index contributed by atoms with van der Waals surface area (Å²) in [5, 5.41) is 0.671. The van der Waals surface area contributed by atoms with Gasteiger partial charge in [0.15, 0.2) is 0 Å². The van der Waals surface area contributed by atoms with Crippen molar-refractivity contribution in [2.24, 2.45) is 0 Å². The van der Waals surface area contributed by atoms with Crippen LogP contribution in [-0.2, 0) is 17.7 Å². The average Bonchev–Trinajstić information content (AvgIpc) is 2.87. The second-order valence-corrected chi connectivity index (χ2v) is 7.55. The number of nitrogens with one attached hydrogen (secondary N) is 1. The number of ether oxygens (including phenoxy) is 1. The van der Waals surface area contributed by atoms with E-state index >= 15 is 0 Å². The number of fused-ring (bicyclic) bond motifs is 1. The Balaban J connectivity index is 1.81. The van der Waals surface area contributed by atoms with Gasteiger partial charge in [0.05, 0.1) is 23.0 Å². The maximum Gasteiger partial charge on any atom is 0.410 e. The molecule has 1 aliphatic heterocycles. The molecule has 2 aromatic rings. The molecule has 0 saturated carbocycles. The summed E-state index contributed by atoms with van der Waals surface area (Å²) in [6.07, 6.45) is 0.409. The number of nitrogens with zero attached hydrogens (tertiary/aromatic N) is 2. The molecule has 0 unspecified atom stereocenters. The predicted molar refractivity (Wildman–Crippen MR) is 94.1 cm³/mol. The molecule has 0 aliphatic carbocycles. The van der Waals surface area contributed by atoms with Crippen LogP contribution < -0.4 is 0 Å². The van der Waals surface area contributed by atoms with Crippen LogP contribution in [-0.4, -0.2) is 33.1 Å². The third kappa shape index (κ3) is 3.56. The van der Waals surface area contributed by atoms with Crippen molar-refractivity contribution >= 4 is 17.7 Å². The Bertz CT molecular complexity index is 777. The predicted octanol–water partition coefficient (Wildman–Crippen LogP) is 4.33. The third-order valence-electron chi connectivity index (χ3n) is 3.86. The highest BCUT2D eigenvalue weighted by molar-refractivity contribution is 6.33. The monoisotopic (exact) mass is 347 g/mol. The first-order chi connectivity index (χ1) is 11.2. The molecule has 6 heteroatoms. The van der Waals surface area contributed by atoms with Crippen LogP contribution in [0.25, 0.3) is 11.4 Å². The number of aromatic nitrogens is 2. The molecule has 0 atom stereocenters. The van der Waals surface area contributed by atoms with Gasteiger partial charge in [-0.1, -0.05) is 17.7 Å². The topological polar surface area (TPSA) is 58.2 Å². The summed E-state index contributed by atoms with van der Waals surface area (Å²) in [5.41, 5.74) is 3.42. The number of carbonyl (C=O) groups excluding carboxylic acids is 1. The van der Waals surface area contributed by atoms with E-state index in [-0.39, 0.29) is 6.09 Å². The van der Waals surface area contributed by atoms with Crippen molar-refractivity contribution in [2.45, 2.75) is 46.3 Å². The summed E-state index contributed by atoms with van der Waals surface area (Å²) >= 11 is 6.33. The fourth-order valence-electron chi connectivity index (χ4n) is 2.72. The minimum Gasteiger partial charge on any atom is -0.444 e. The van der Waals surface area contributed by atoms with Crippen LogP contribution in [0.2, 0.25) is 5.02 Å². The minimum atomic E-state index is -0.494. The number of hydrogen-bond donors (Lipinski definition) is 1. The molecule has 24 heavy (non-hydrogen) atoms. The van der Waals surface area contributed by atoms with E-state index in [1.54, 1.807) is 4.90 Å². The Labute approximate surface area is 147 Å². The molecule has 1 N–H and O–H groups in total. The van der Waals surface area contributed by atoms with Gasteiger partial charge >= 0.3 is 6.09 Å². The van der Waals surface area contributed by atoms with Gasteiger partial charge in [-0.25, -0.2) is 9.78 Å². The van der Waals surface area contributed by atoms with Gasteiger partial charge < -0.3 is 14.6 Å². The van der Waals surface area contributed by atoms with Crippen molar-refractivity contribution < 1.29 is 9.53 Å². The number of aryl methyl sites for hydroxylation is 1. The highest BCUT2D eigenvalue weighted by Gasteiger charge is 2.27. The molecule has 1 aliphatic rings. The number of hydrogen-bond acceptors (Lipinski definition) is 3. The van der Waals surface area contributed by atoms with E-state index < -0.39 is 5.60 Å². The average molecular weight is 348 g/mol. The SMILES string of the molecule is Cc1ccc(-c2nc3c([nH]2)CN(C(=O)OC(C)(C)C)CC3)c(Cl)c1. The van der Waals surface area contributed by atoms with Crippen molar-refractivity contribution in [1.29, 1.82) is 0 Å². The van der Waals surface area contributed by atoms with Crippen molar-refractivity contribution in [3.63, 3.8) is 0 Å². The van der Waals surface area contributed by atoms with Gasteiger partial charge in [0, 0.05) is 18.5 Å². The lowest BCUT2D eigenvalue weighted by atomic mass is 10.1. The summed E-state index contributed by atoms with van der Waals surface area (Å²) in [7, 11) is 0. The molecule has 0 radical (unpaired) electrons. The Morgan fingerprint density at radius 2 is 2.12 bits per heavy atom. The Morgan fingerprint density at radius 3 is 2.79 bits per heavy atom. The lowest BCUT2D eigenvalue weighted by Gasteiger charge is -2.29. The first kappa shape index (κ1) is 16.8. The summed E-state index contributed by atoms with van der Waals surface area (Å²) in [6.45, 7) is 8.69. The van der Waals surface area contributed by atoms with Crippen LogP contribution in [0.4, 0.5) is 4.79 Å². The highest BCUT2D eigenvalue weighted by Crippen LogP contribution is 2.29. The van der Waals surface area contributed by atoms with Gasteiger partial charge in [0.2, 0.25) is 0 Å². The van der Waals surface area contributed by atoms with E-state index in [9.17, 15) is 4.79 Å². The summed E-state index contributed by atoms with van der Waals surface area (Å²) < 4.78 is 5.45.